The van der Waals surface area contributed by atoms with Crippen LogP contribution in [0.2, 0.25) is 0 Å². The maximum absolute atomic E-state index is 10.0. The summed E-state index contributed by atoms with van der Waals surface area (Å²) < 4.78 is 31.6. The van der Waals surface area contributed by atoms with Crippen molar-refractivity contribution in [2.24, 2.45) is 86.2 Å². The normalized spacial score (nSPS) is 25.9. The van der Waals surface area contributed by atoms with E-state index in [1.165, 1.54) is 0 Å². The lowest BCUT2D eigenvalue weighted by molar-refractivity contribution is -0.138. The molecule has 31 N–H and O–H groups in total. The van der Waals surface area contributed by atoms with Crippen molar-refractivity contribution in [1.82, 2.24) is 0 Å². The number of unbranched alkanes of at least 4 members (excludes halogenated alkanes) is 1. The van der Waals surface area contributed by atoms with Crippen molar-refractivity contribution < 1.29 is 48.5 Å². The van der Waals surface area contributed by atoms with Gasteiger partial charge in [-0.2, -0.15) is 0 Å². The Morgan fingerprint density at radius 2 is 0.933 bits per heavy atom. The van der Waals surface area contributed by atoms with Gasteiger partial charge in [0.05, 0.1) is 12.2 Å². The van der Waals surface area contributed by atoms with Crippen molar-refractivity contribution in [2.75, 3.05) is 91.9 Å². The predicted octanol–water partition coefficient (Wildman–Crippen LogP) is -6.52. The van der Waals surface area contributed by atoms with Gasteiger partial charge in [-0.25, -0.2) is 0 Å². The molecule has 60 heavy (non-hydrogen) atoms. The third kappa shape index (κ3) is 35.1. The van der Waals surface area contributed by atoms with E-state index >= 15 is 0 Å². The van der Waals surface area contributed by atoms with Crippen LogP contribution in [0.1, 0.15) is 59.3 Å². The first kappa shape index (κ1) is 65.2. The highest BCUT2D eigenvalue weighted by Crippen LogP contribution is 2.19. The van der Waals surface area contributed by atoms with E-state index in [2.05, 4.69) is 6.92 Å². The maximum atomic E-state index is 10.0. The lowest BCUT2D eigenvalue weighted by Gasteiger charge is -2.12. The van der Waals surface area contributed by atoms with E-state index in [9.17, 15) is 4.79 Å². The van der Waals surface area contributed by atoms with Gasteiger partial charge in [-0.05, 0) is 84.1 Å². The first-order valence-corrected chi connectivity index (χ1v) is 20.9. The fourth-order valence-electron chi connectivity index (χ4n) is 4.65. The number of carboxylic acids is 1. The van der Waals surface area contributed by atoms with Gasteiger partial charge in [0.1, 0.15) is 49.5 Å². The van der Waals surface area contributed by atoms with E-state index < -0.39 is 24.2 Å². The minimum absolute atomic E-state index is 0.00926. The average molecular weight is 881 g/mol. The van der Waals surface area contributed by atoms with Crippen LogP contribution in [0, 0.1) is 5.92 Å². The lowest BCUT2D eigenvalue weighted by Crippen LogP contribution is -2.38. The molecule has 10 unspecified atom stereocenters. The SMILES string of the molecule is CC(CN)CCN.CC1OC(CN)C(CN)O1.CCC1OC(CN)C(CN)O1.NCC(O)C(O)CN.NCC1OCOC1CN.NCCCC(N)C(=O)O.NCCCCN. The second kappa shape index (κ2) is 45.6. The van der Waals surface area contributed by atoms with E-state index in [4.69, 9.17) is 124 Å². The summed E-state index contributed by atoms with van der Waals surface area (Å²) in [6.45, 7) is 12.9. The van der Waals surface area contributed by atoms with Gasteiger partial charge in [-0.15, -0.1) is 0 Å². The van der Waals surface area contributed by atoms with E-state index in [1.807, 2.05) is 13.8 Å². The third-order valence-electron chi connectivity index (χ3n) is 8.61. The second-order valence-corrected chi connectivity index (χ2v) is 13.7. The molecular weight excluding hydrogens is 788 g/mol. The maximum Gasteiger partial charge on any atom is 0.320 e. The summed E-state index contributed by atoms with van der Waals surface area (Å²) in [5.74, 6) is -0.353. The van der Waals surface area contributed by atoms with Crippen molar-refractivity contribution in [3.63, 3.8) is 0 Å². The molecule has 3 rings (SSSR count). The Balaban J connectivity index is -0.000000308. The molecule has 0 saturated carbocycles. The Labute approximate surface area is 359 Å². The zero-order chi connectivity index (χ0) is 46.9. The van der Waals surface area contributed by atoms with Crippen LogP contribution < -0.4 is 80.3 Å². The van der Waals surface area contributed by atoms with Crippen LogP contribution in [0.4, 0.5) is 0 Å². The van der Waals surface area contributed by atoms with Gasteiger partial charge >= 0.3 is 5.97 Å². The molecule has 24 nitrogen and oxygen atoms in total. The molecule has 3 aliphatic heterocycles. The molecule has 0 aromatic rings. The number of hydrogen-bond donors (Lipinski definition) is 17. The van der Waals surface area contributed by atoms with Gasteiger partial charge < -0.3 is 124 Å². The number of aliphatic carboxylic acids is 1. The third-order valence-corrected chi connectivity index (χ3v) is 8.61. The Morgan fingerprint density at radius 1 is 0.567 bits per heavy atom. The predicted molar refractivity (Wildman–Crippen MR) is 235 cm³/mol. The molecule has 3 aliphatic rings. The van der Waals surface area contributed by atoms with Crippen LogP contribution in [-0.4, -0.2) is 181 Å². The minimum Gasteiger partial charge on any atom is -0.480 e. The smallest absolute Gasteiger partial charge is 0.320 e. The summed E-state index contributed by atoms with van der Waals surface area (Å²) in [7, 11) is 0. The molecule has 0 spiro atoms. The van der Waals surface area contributed by atoms with Crippen molar-refractivity contribution in [3.8, 4) is 0 Å². The zero-order valence-electron chi connectivity index (χ0n) is 36.9. The standard InChI is InChI=1S/C7H16N2O2.C6H14N2O2.2C5H12N2O2.C5H14N2.C4H12N2O2.C4H12N2/c1-2-7-10-5(3-8)6(4-9)11-7;1-4-9-5(2-7)6(3-8)10-4;6-1-4-5(2-7)9-3-8-4;6-3-1-2-4(7)5(8)9;1-5(4-7)2-3-6;5-1-3(7)4(8)2-6;5-3-1-2-4-6/h5-7H,2-4,8-9H2,1H3;4-6H,2-3,7-8H2,1H3;4-5H,1-3,6-7H2;4H,1-3,6-7H2,(H,8,9);5H,2-4,6-7H2,1H3;3-4,7-8H,1-2,5-6H2;1-6H2. The molecule has 0 radical (unpaired) electrons. The number of nitrogens with two attached hydrogens (primary N) is 14. The van der Waals surface area contributed by atoms with Crippen LogP contribution in [0.3, 0.4) is 0 Å². The molecule has 3 saturated heterocycles. The second-order valence-electron chi connectivity index (χ2n) is 13.7. The molecule has 0 amide bonds. The van der Waals surface area contributed by atoms with Gasteiger partial charge in [-0.1, -0.05) is 13.8 Å². The number of rotatable bonds is 20. The van der Waals surface area contributed by atoms with Crippen molar-refractivity contribution in [2.45, 2.75) is 127 Å². The number of carbonyl (C=O) groups is 1. The van der Waals surface area contributed by atoms with Gasteiger partial charge in [0, 0.05) is 52.4 Å². The number of hydrogen-bond acceptors (Lipinski definition) is 23. The molecule has 0 bridgehead atoms. The zero-order valence-corrected chi connectivity index (χ0v) is 36.9. The molecule has 3 heterocycles. The summed E-state index contributed by atoms with van der Waals surface area (Å²) in [5, 5.41) is 25.6. The summed E-state index contributed by atoms with van der Waals surface area (Å²) >= 11 is 0. The first-order valence-electron chi connectivity index (χ1n) is 20.9. The first-order chi connectivity index (χ1) is 28.6. The summed E-state index contributed by atoms with van der Waals surface area (Å²) in [6.07, 6.45) is 3.15. The Kier molecular flexibility index (Phi) is 49.6. The summed E-state index contributed by atoms with van der Waals surface area (Å²) in [4.78, 5) is 10.0. The van der Waals surface area contributed by atoms with Crippen LogP contribution >= 0.6 is 0 Å². The van der Waals surface area contributed by atoms with Gasteiger partial charge in [0.2, 0.25) is 0 Å². The van der Waals surface area contributed by atoms with Crippen LogP contribution in [-0.2, 0) is 33.2 Å². The number of aliphatic hydroxyl groups is 2. The van der Waals surface area contributed by atoms with E-state index in [0.717, 1.165) is 51.9 Å². The fraction of sp³-hybridized carbons (Fsp3) is 0.972. The quantitative estimate of drug-likeness (QED) is 0.0506. The highest BCUT2D eigenvalue weighted by atomic mass is 16.7. The largest absolute Gasteiger partial charge is 0.480 e. The lowest BCUT2D eigenvalue weighted by atomic mass is 10.1. The molecular formula is C36H92N14O10. The van der Waals surface area contributed by atoms with Crippen molar-refractivity contribution >= 4 is 5.97 Å². The van der Waals surface area contributed by atoms with E-state index in [1.54, 1.807) is 0 Å². The number of aliphatic hydroxyl groups excluding tert-OH is 2. The van der Waals surface area contributed by atoms with E-state index in [-0.39, 0.29) is 62.3 Å². The molecule has 366 valence electrons. The molecule has 24 heteroatoms. The fourth-order valence-corrected chi connectivity index (χ4v) is 4.65. The van der Waals surface area contributed by atoms with Crippen LogP contribution in [0.25, 0.3) is 0 Å². The number of carboxylic acid groups (broad SMARTS) is 1. The van der Waals surface area contributed by atoms with Gasteiger partial charge in [-0.3, -0.25) is 4.79 Å². The molecule has 10 atom stereocenters. The molecule has 0 aromatic carbocycles. The number of ether oxygens (including phenoxy) is 6. The van der Waals surface area contributed by atoms with Crippen LogP contribution in [0.5, 0.6) is 0 Å². The molecule has 3 fully saturated rings. The Morgan fingerprint density at radius 3 is 1.18 bits per heavy atom. The highest BCUT2D eigenvalue weighted by Gasteiger charge is 2.33. The Bertz CT molecular complexity index is 860. The molecule has 0 aromatic heterocycles. The monoisotopic (exact) mass is 881 g/mol. The summed E-state index contributed by atoms with van der Waals surface area (Å²) in [6, 6.07) is -0.742. The Hall–Kier alpha value is -1.41. The van der Waals surface area contributed by atoms with E-state index in [0.29, 0.717) is 71.4 Å². The minimum atomic E-state index is -0.955. The highest BCUT2D eigenvalue weighted by molar-refractivity contribution is 5.72. The van der Waals surface area contributed by atoms with Crippen molar-refractivity contribution in [3.05, 3.63) is 0 Å². The topological polar surface area (TPSA) is 497 Å². The average Bonchev–Trinajstić information content (AvgIpc) is 4.02. The van der Waals surface area contributed by atoms with Gasteiger partial charge in [0.15, 0.2) is 12.6 Å². The molecule has 0 aliphatic carbocycles. The van der Waals surface area contributed by atoms with Gasteiger partial charge in [0.25, 0.3) is 0 Å². The summed E-state index contributed by atoms with van der Waals surface area (Å²) in [5.41, 5.74) is 73.5. The van der Waals surface area contributed by atoms with Crippen molar-refractivity contribution in [1.29, 1.82) is 0 Å². The van der Waals surface area contributed by atoms with Crippen LogP contribution in [0.15, 0.2) is 0 Å².